The van der Waals surface area contributed by atoms with Gasteiger partial charge < -0.3 is 10.2 Å². The van der Waals surface area contributed by atoms with Crippen LogP contribution in [0.1, 0.15) is 29.6 Å². The molecule has 2 fully saturated rings. The lowest BCUT2D eigenvalue weighted by atomic mass is 10.0. The summed E-state index contributed by atoms with van der Waals surface area (Å²) in [7, 11) is 0. The normalized spacial score (nSPS) is 21.7. The molecule has 2 aromatic rings. The summed E-state index contributed by atoms with van der Waals surface area (Å²) in [6, 6.07) is 9.25. The number of hydrogen-bond acceptors (Lipinski definition) is 5. The van der Waals surface area contributed by atoms with Crippen LogP contribution < -0.4 is 0 Å². The van der Waals surface area contributed by atoms with Gasteiger partial charge in [-0.15, -0.1) is 0 Å². The van der Waals surface area contributed by atoms with Crippen molar-refractivity contribution in [3.8, 4) is 11.5 Å². The first kappa shape index (κ1) is 18.3. The Balaban J connectivity index is 0.000000206. The van der Waals surface area contributed by atoms with Crippen molar-refractivity contribution in [3.05, 3.63) is 54.1 Å². The molecule has 1 saturated heterocycles. The lowest BCUT2D eigenvalue weighted by molar-refractivity contribution is 0.0941. The highest BCUT2D eigenvalue weighted by molar-refractivity contribution is 5.97. The van der Waals surface area contributed by atoms with E-state index in [9.17, 15) is 14.3 Å². The number of aromatic nitrogens is 1. The topological polar surface area (TPSA) is 73.7 Å². The zero-order valence-corrected chi connectivity index (χ0v) is 14.5. The van der Waals surface area contributed by atoms with Crippen LogP contribution >= 0.6 is 0 Å². The van der Waals surface area contributed by atoms with E-state index in [1.807, 2.05) is 0 Å². The second-order valence-electron chi connectivity index (χ2n) is 6.93. The molecule has 1 aliphatic heterocycles. The molecular weight excluding hydrogens is 335 g/mol. The Labute approximate surface area is 152 Å². The number of ketones is 1. The average molecular weight is 358 g/mol. The fraction of sp³-hybridized carbons (Fsp3) is 0.400. The third-order valence-corrected chi connectivity index (χ3v) is 5.10. The quantitative estimate of drug-likeness (QED) is 0.651. The zero-order chi connectivity index (χ0) is 18.5. The van der Waals surface area contributed by atoms with Crippen molar-refractivity contribution < 1.29 is 19.4 Å². The summed E-state index contributed by atoms with van der Waals surface area (Å²) in [5, 5.41) is 17.7. The van der Waals surface area contributed by atoms with E-state index in [1.165, 1.54) is 37.6 Å². The van der Waals surface area contributed by atoms with Gasteiger partial charge in [0.25, 0.3) is 5.95 Å². The van der Waals surface area contributed by atoms with Gasteiger partial charge in [-0.3, -0.25) is 9.69 Å². The van der Waals surface area contributed by atoms with Gasteiger partial charge >= 0.3 is 0 Å². The minimum absolute atomic E-state index is 0.162. The summed E-state index contributed by atoms with van der Waals surface area (Å²) in [5.74, 6) is 0.799. The number of fused-ring (bicyclic) bond motifs is 1. The predicted octanol–water partition coefficient (Wildman–Crippen LogP) is 3.23. The van der Waals surface area contributed by atoms with Crippen molar-refractivity contribution in [2.24, 2.45) is 11.8 Å². The molecule has 2 aliphatic rings. The maximum Gasteiger partial charge on any atom is 0.254 e. The Morgan fingerprint density at radius 1 is 1.12 bits per heavy atom. The first-order valence-corrected chi connectivity index (χ1v) is 8.87. The summed E-state index contributed by atoms with van der Waals surface area (Å²) in [6.45, 7) is 2.71. The number of pyridine rings is 1. The minimum Gasteiger partial charge on any atom is -0.508 e. The summed E-state index contributed by atoms with van der Waals surface area (Å²) in [6.07, 6.45) is 5.33. The largest absolute Gasteiger partial charge is 0.508 e. The Morgan fingerprint density at radius 3 is 2.31 bits per heavy atom. The molecule has 5 nitrogen and oxygen atoms in total. The van der Waals surface area contributed by atoms with Crippen molar-refractivity contribution in [3.63, 3.8) is 0 Å². The Morgan fingerprint density at radius 2 is 1.77 bits per heavy atom. The molecular formula is C20H23FN2O3. The number of benzene rings is 1. The smallest absolute Gasteiger partial charge is 0.254 e. The van der Waals surface area contributed by atoms with Crippen LogP contribution in [0.25, 0.3) is 0 Å². The van der Waals surface area contributed by atoms with E-state index in [1.54, 1.807) is 24.3 Å². The summed E-state index contributed by atoms with van der Waals surface area (Å²) in [5.41, 5.74) is 0.699. The highest BCUT2D eigenvalue weighted by Gasteiger charge is 2.36. The van der Waals surface area contributed by atoms with Crippen LogP contribution in [0.15, 0.2) is 42.6 Å². The number of aromatic hydroxyl groups is 2. The number of likely N-dealkylation sites (tertiary alicyclic amines) is 1. The molecule has 0 amide bonds. The van der Waals surface area contributed by atoms with Crippen LogP contribution in [-0.2, 0) is 0 Å². The molecule has 2 N–H and O–H groups in total. The van der Waals surface area contributed by atoms with Crippen LogP contribution in [0.3, 0.4) is 0 Å². The number of rotatable bonds is 3. The predicted molar refractivity (Wildman–Crippen MR) is 95.6 cm³/mol. The van der Waals surface area contributed by atoms with Crippen molar-refractivity contribution in [1.29, 1.82) is 0 Å². The molecule has 1 aliphatic carbocycles. The van der Waals surface area contributed by atoms with Crippen LogP contribution in [0.5, 0.6) is 11.5 Å². The van der Waals surface area contributed by atoms with E-state index in [4.69, 9.17) is 5.11 Å². The Hall–Kier alpha value is -2.47. The molecule has 2 heterocycles. The van der Waals surface area contributed by atoms with E-state index in [0.29, 0.717) is 12.1 Å². The number of halogens is 1. The van der Waals surface area contributed by atoms with Crippen molar-refractivity contribution in [2.75, 3.05) is 19.6 Å². The maximum absolute atomic E-state index is 12.1. The monoisotopic (exact) mass is 358 g/mol. The van der Waals surface area contributed by atoms with Gasteiger partial charge in [-0.2, -0.15) is 4.39 Å². The van der Waals surface area contributed by atoms with Crippen LogP contribution in [0.2, 0.25) is 0 Å². The second-order valence-corrected chi connectivity index (χ2v) is 6.93. The van der Waals surface area contributed by atoms with Gasteiger partial charge in [0.15, 0.2) is 11.5 Å². The molecule has 0 unspecified atom stereocenters. The number of phenolic OH excluding ortho intramolecular Hbond substituents is 1. The number of hydrogen-bond donors (Lipinski definition) is 2. The van der Waals surface area contributed by atoms with Crippen LogP contribution in [-0.4, -0.2) is 45.5 Å². The maximum atomic E-state index is 12.1. The standard InChI is InChI=1S/C15H19NO2.C5H4FNO/c17-14-6-4-11(5-7-14)15(18)10-16-8-12-2-1-3-13(12)9-16;6-5-4(8)2-1-3-7-5/h4-7,12-13,17H,1-3,8-10H2;1-3,8H/t12-,13+;. The average Bonchev–Trinajstić information content (AvgIpc) is 3.20. The van der Waals surface area contributed by atoms with Gasteiger partial charge in [0, 0.05) is 24.8 Å². The van der Waals surface area contributed by atoms with Crippen LogP contribution in [0, 0.1) is 17.8 Å². The molecule has 0 spiro atoms. The Bertz CT molecular complexity index is 718. The second kappa shape index (κ2) is 8.27. The van der Waals surface area contributed by atoms with Crippen molar-refractivity contribution in [2.45, 2.75) is 19.3 Å². The van der Waals surface area contributed by atoms with Gasteiger partial charge in [-0.25, -0.2) is 4.98 Å². The van der Waals surface area contributed by atoms with Gasteiger partial charge in [0.2, 0.25) is 0 Å². The zero-order valence-electron chi connectivity index (χ0n) is 14.5. The van der Waals surface area contributed by atoms with Gasteiger partial charge in [0.05, 0.1) is 6.54 Å². The van der Waals surface area contributed by atoms with Crippen LogP contribution in [0.4, 0.5) is 4.39 Å². The van der Waals surface area contributed by atoms with Gasteiger partial charge in [0.1, 0.15) is 5.75 Å². The first-order valence-electron chi connectivity index (χ1n) is 8.87. The third-order valence-electron chi connectivity index (χ3n) is 5.10. The van der Waals surface area contributed by atoms with E-state index < -0.39 is 11.7 Å². The number of carbonyl (C=O) groups excluding carboxylic acids is 1. The first-order chi connectivity index (χ1) is 12.5. The summed E-state index contributed by atoms with van der Waals surface area (Å²) in [4.78, 5) is 17.6. The Kier molecular flexibility index (Phi) is 5.83. The van der Waals surface area contributed by atoms with Crippen molar-refractivity contribution >= 4 is 5.78 Å². The molecule has 1 aromatic carbocycles. The molecule has 6 heteroatoms. The third kappa shape index (κ3) is 4.58. The SMILES string of the molecule is O=C(CN1C[C@H]2CCC[C@H]2C1)c1ccc(O)cc1.Oc1cccnc1F. The van der Waals surface area contributed by atoms with E-state index in [2.05, 4.69) is 9.88 Å². The van der Waals surface area contributed by atoms with E-state index in [0.717, 1.165) is 24.9 Å². The van der Waals surface area contributed by atoms with Crippen molar-refractivity contribution in [1.82, 2.24) is 9.88 Å². The summed E-state index contributed by atoms with van der Waals surface area (Å²) >= 11 is 0. The van der Waals surface area contributed by atoms with E-state index in [-0.39, 0.29) is 11.5 Å². The number of phenols is 1. The number of carbonyl (C=O) groups is 1. The molecule has 0 bridgehead atoms. The molecule has 1 aromatic heterocycles. The molecule has 138 valence electrons. The molecule has 4 rings (SSSR count). The lowest BCUT2D eigenvalue weighted by Gasteiger charge is -2.15. The number of nitrogens with zero attached hydrogens (tertiary/aromatic N) is 2. The molecule has 0 radical (unpaired) electrons. The molecule has 26 heavy (non-hydrogen) atoms. The highest BCUT2D eigenvalue weighted by atomic mass is 19.1. The fourth-order valence-electron chi connectivity index (χ4n) is 3.78. The number of Topliss-reactive ketones (excluding diaryl/α,β-unsaturated/α-hetero) is 1. The molecule has 1 saturated carbocycles. The molecule has 2 atom stereocenters. The highest BCUT2D eigenvalue weighted by Crippen LogP contribution is 2.37. The van der Waals surface area contributed by atoms with E-state index >= 15 is 0 Å². The summed E-state index contributed by atoms with van der Waals surface area (Å²) < 4.78 is 12.0. The van der Waals surface area contributed by atoms with Gasteiger partial charge in [-0.05, 0) is 61.1 Å². The van der Waals surface area contributed by atoms with Gasteiger partial charge in [-0.1, -0.05) is 6.42 Å². The lowest BCUT2D eigenvalue weighted by Crippen LogP contribution is -2.28. The minimum atomic E-state index is -0.826. The fourth-order valence-corrected chi connectivity index (χ4v) is 3.78.